The van der Waals surface area contributed by atoms with Gasteiger partial charge < -0.3 is 9.90 Å². The number of alkyl halides is 2. The number of aliphatic carboxylic acids is 1. The summed E-state index contributed by atoms with van der Waals surface area (Å²) < 4.78 is 70.8. The van der Waals surface area contributed by atoms with Crippen molar-refractivity contribution in [3.8, 4) is 0 Å². The average Bonchev–Trinajstić information content (AvgIpc) is 2.12. The Hall–Kier alpha value is -0.873. The van der Waals surface area contributed by atoms with Gasteiger partial charge in [0.1, 0.15) is 5.97 Å². The molecule has 0 unspecified atom stereocenters. The summed E-state index contributed by atoms with van der Waals surface area (Å²) in [7, 11) is 0. The number of hydrogen-bond donors (Lipinski definition) is 0. The molecule has 0 saturated heterocycles. The molecule has 9 heteroatoms. The van der Waals surface area contributed by atoms with Crippen LogP contribution in [-0.2, 0) is 4.79 Å². The van der Waals surface area contributed by atoms with Gasteiger partial charge in [-0.25, -0.2) is 26.3 Å². The van der Waals surface area contributed by atoms with Crippen LogP contribution in [-0.4, -0.2) is 12.4 Å². The second-order valence-corrected chi connectivity index (χ2v) is 1.88. The summed E-state index contributed by atoms with van der Waals surface area (Å²) in [4.78, 5) is 9.55. The van der Waals surface area contributed by atoms with Crippen molar-refractivity contribution < 1.29 is 55.1 Å². The van der Waals surface area contributed by atoms with E-state index in [0.29, 0.717) is 0 Å². The molecule has 0 bridgehead atoms. The predicted molar refractivity (Wildman–Crippen MR) is 29.5 cm³/mol. The Bertz CT molecular complexity index is 311. The van der Waals surface area contributed by atoms with Crippen LogP contribution in [0, 0.1) is 0 Å². The smallest absolute Gasteiger partial charge is 0.542 e. The summed E-state index contributed by atoms with van der Waals surface area (Å²) in [5, 5.41) is 9.55. The van der Waals surface area contributed by atoms with Gasteiger partial charge in [-0.1, -0.05) is 0 Å². The molecule has 0 heterocycles. The number of carboxylic acid groups (broad SMARTS) is 1. The number of allylic oxidation sites excluding steroid dienone is 3. The second-order valence-electron chi connectivity index (χ2n) is 1.88. The van der Waals surface area contributed by atoms with Crippen LogP contribution in [0.25, 0.3) is 0 Å². The fourth-order valence-electron chi connectivity index (χ4n) is 0.387. The first kappa shape index (κ1) is 16.6. The third-order valence-electron chi connectivity index (χ3n) is 0.966. The summed E-state index contributed by atoms with van der Waals surface area (Å²) in [5.74, 6) is -14.2. The minimum Gasteiger partial charge on any atom is -0.542 e. The molecule has 0 aliphatic rings. The number of rotatable bonds is 3. The Morgan fingerprint density at radius 1 is 0.933 bits per heavy atom. The quantitative estimate of drug-likeness (QED) is 0.249. The van der Waals surface area contributed by atoms with Gasteiger partial charge in [-0.05, 0) is 0 Å². The van der Waals surface area contributed by atoms with Gasteiger partial charge in [-0.3, -0.25) is 0 Å². The maximum Gasteiger partial charge on any atom is 1.00 e. The van der Waals surface area contributed by atoms with E-state index in [1.54, 1.807) is 0 Å². The summed E-state index contributed by atoms with van der Waals surface area (Å²) in [5.41, 5.74) is 0. The Morgan fingerprint density at radius 2 is 1.33 bits per heavy atom. The normalized spacial score (nSPS) is 14.1. The van der Waals surface area contributed by atoms with E-state index in [1.165, 1.54) is 0 Å². The summed E-state index contributed by atoms with van der Waals surface area (Å²) >= 11 is 0. The van der Waals surface area contributed by atoms with Gasteiger partial charge in [-0.2, -0.15) is 0 Å². The number of carbonyl (C=O) groups excluding carboxylic acids is 1. The molecule has 0 aliphatic carbocycles. The molecule has 0 aromatic rings. The fraction of sp³-hybridized carbons (Fsp3) is 0.167. The first-order chi connectivity index (χ1) is 6.29. The van der Waals surface area contributed by atoms with Crippen molar-refractivity contribution in [1.82, 2.24) is 0 Å². The molecule has 0 aliphatic heterocycles. The van der Waals surface area contributed by atoms with E-state index in [2.05, 4.69) is 0 Å². The predicted octanol–water partition coefficient (Wildman–Crippen LogP) is -1.69. The zero-order chi connectivity index (χ0) is 11.5. The third-order valence-corrected chi connectivity index (χ3v) is 0.966. The van der Waals surface area contributed by atoms with Crippen LogP contribution < -0.4 is 24.0 Å². The molecule has 0 aromatic carbocycles. The van der Waals surface area contributed by atoms with Crippen LogP contribution in [0.2, 0.25) is 0 Å². The van der Waals surface area contributed by atoms with Gasteiger partial charge in [-0.15, -0.1) is 0 Å². The molecule has 0 atom stereocenters. The maximum atomic E-state index is 12.1. The largest absolute Gasteiger partial charge is 1.00 e. The van der Waals surface area contributed by atoms with Crippen molar-refractivity contribution in [2.45, 2.75) is 6.43 Å². The number of hydrogen-bond acceptors (Lipinski definition) is 2. The van der Waals surface area contributed by atoms with Gasteiger partial charge in [0.2, 0.25) is 5.83 Å². The van der Waals surface area contributed by atoms with Crippen molar-refractivity contribution in [2.24, 2.45) is 0 Å². The van der Waals surface area contributed by atoms with Gasteiger partial charge in [0.25, 0.3) is 6.43 Å². The van der Waals surface area contributed by atoms with Gasteiger partial charge in [0, 0.05) is 0 Å². The van der Waals surface area contributed by atoms with Crippen molar-refractivity contribution in [3.63, 3.8) is 0 Å². The first-order valence-electron chi connectivity index (χ1n) is 2.89. The summed E-state index contributed by atoms with van der Waals surface area (Å²) in [6.07, 6.45) is -4.00. The Kier molecular flexibility index (Phi) is 7.26. The zero-order valence-electron chi connectivity index (χ0n) is 7.16. The van der Waals surface area contributed by atoms with Gasteiger partial charge in [0.15, 0.2) is 17.5 Å². The van der Waals surface area contributed by atoms with Gasteiger partial charge in [0.05, 0.1) is 0 Å². The number of carboxylic acids is 1. The van der Waals surface area contributed by atoms with Crippen molar-refractivity contribution in [3.05, 3.63) is 23.3 Å². The van der Waals surface area contributed by atoms with E-state index >= 15 is 0 Å². The zero-order valence-corrected chi connectivity index (χ0v) is 7.16. The molecular formula is C6HF6LiO2. The summed E-state index contributed by atoms with van der Waals surface area (Å²) in [6.45, 7) is 0. The van der Waals surface area contributed by atoms with Crippen LogP contribution in [0.15, 0.2) is 23.3 Å². The molecule has 0 rings (SSSR count). The molecule has 0 fully saturated rings. The molecule has 0 aromatic heterocycles. The molecular weight excluding hydrogens is 225 g/mol. The van der Waals surface area contributed by atoms with Crippen molar-refractivity contribution >= 4 is 5.97 Å². The molecule has 2 nitrogen and oxygen atoms in total. The number of carbonyl (C=O) groups is 1. The van der Waals surface area contributed by atoms with Crippen LogP contribution in [0.1, 0.15) is 0 Å². The molecule has 0 radical (unpaired) electrons. The maximum absolute atomic E-state index is 12.1. The van der Waals surface area contributed by atoms with E-state index in [0.717, 1.165) is 0 Å². The van der Waals surface area contributed by atoms with E-state index in [-0.39, 0.29) is 18.9 Å². The SMILES string of the molecule is O=C([O-])/C(F)=C(F)/C(F)=C(\F)C(F)F.[Li+]. The first-order valence-corrected chi connectivity index (χ1v) is 2.89. The third kappa shape index (κ3) is 4.44. The van der Waals surface area contributed by atoms with Crippen LogP contribution in [0.5, 0.6) is 0 Å². The van der Waals surface area contributed by atoms with E-state index in [9.17, 15) is 36.2 Å². The van der Waals surface area contributed by atoms with E-state index in [1.807, 2.05) is 0 Å². The van der Waals surface area contributed by atoms with Gasteiger partial charge >= 0.3 is 18.9 Å². The molecule has 0 amide bonds. The fourth-order valence-corrected chi connectivity index (χ4v) is 0.387. The number of halogens is 6. The minimum atomic E-state index is -4.00. The van der Waals surface area contributed by atoms with E-state index < -0.39 is 35.7 Å². The monoisotopic (exact) mass is 226 g/mol. The molecule has 0 N–H and O–H groups in total. The summed E-state index contributed by atoms with van der Waals surface area (Å²) in [6, 6.07) is 0. The second kappa shape index (κ2) is 6.58. The average molecular weight is 226 g/mol. The van der Waals surface area contributed by atoms with E-state index in [4.69, 9.17) is 0 Å². The van der Waals surface area contributed by atoms with Crippen molar-refractivity contribution in [1.29, 1.82) is 0 Å². The molecule has 0 saturated carbocycles. The van der Waals surface area contributed by atoms with Crippen LogP contribution in [0.4, 0.5) is 26.3 Å². The molecule has 0 spiro atoms. The Morgan fingerprint density at radius 3 is 1.60 bits per heavy atom. The van der Waals surface area contributed by atoms with Crippen LogP contribution >= 0.6 is 0 Å². The Labute approximate surface area is 91.4 Å². The topological polar surface area (TPSA) is 40.1 Å². The standard InChI is InChI=1S/C6H2F6O2.Li/c7-1(3(9)5(11)12)2(8)4(10)6(13)14;/h5H,(H,13,14);/q;+1/p-1/b3-1+,4-2+;. The Balaban J connectivity index is 0. The van der Waals surface area contributed by atoms with Crippen LogP contribution in [0.3, 0.4) is 0 Å². The molecule has 15 heavy (non-hydrogen) atoms. The molecule has 80 valence electrons. The minimum absolute atomic E-state index is 0. The van der Waals surface area contributed by atoms with Crippen molar-refractivity contribution in [2.75, 3.05) is 0 Å².